The Labute approximate surface area is 104 Å². The van der Waals surface area contributed by atoms with Crippen LogP contribution < -0.4 is 10.1 Å². The molecule has 1 aromatic rings. The Morgan fingerprint density at radius 1 is 1.29 bits per heavy atom. The van der Waals surface area contributed by atoms with Crippen LogP contribution in [0.3, 0.4) is 0 Å². The van der Waals surface area contributed by atoms with Crippen LogP contribution in [-0.4, -0.2) is 23.1 Å². The first kappa shape index (κ1) is 13.9. The van der Waals surface area contributed by atoms with Crippen molar-refractivity contribution in [3.05, 3.63) is 17.5 Å². The topological polar surface area (TPSA) is 47.0 Å². The van der Waals surface area contributed by atoms with Crippen LogP contribution in [0.15, 0.2) is 6.20 Å². The van der Waals surface area contributed by atoms with Crippen molar-refractivity contribution in [2.24, 2.45) is 0 Å². The largest absolute Gasteiger partial charge is 0.463 e. The highest BCUT2D eigenvalue weighted by atomic mass is 16.5. The highest BCUT2D eigenvalue weighted by Gasteiger charge is 2.03. The fraction of sp³-hybridized carbons (Fsp3) is 0.692. The zero-order valence-corrected chi connectivity index (χ0v) is 11.1. The van der Waals surface area contributed by atoms with Crippen molar-refractivity contribution in [1.82, 2.24) is 15.3 Å². The molecule has 0 amide bonds. The lowest BCUT2D eigenvalue weighted by atomic mass is 10.2. The molecule has 0 fully saturated rings. The van der Waals surface area contributed by atoms with E-state index in [1.807, 2.05) is 13.1 Å². The number of unbranched alkanes of at least 4 members (excludes halogenated alkanes) is 1. The summed E-state index contributed by atoms with van der Waals surface area (Å²) >= 11 is 0. The number of hydrogen-bond donors (Lipinski definition) is 1. The third kappa shape index (κ3) is 5.13. The van der Waals surface area contributed by atoms with Gasteiger partial charge in [-0.15, -0.1) is 0 Å². The molecular weight excluding hydrogens is 214 g/mol. The van der Waals surface area contributed by atoms with Gasteiger partial charge in [-0.3, -0.25) is 0 Å². The molecule has 1 aromatic heterocycles. The zero-order valence-electron chi connectivity index (χ0n) is 11.1. The van der Waals surface area contributed by atoms with Crippen LogP contribution in [0.2, 0.25) is 0 Å². The number of aromatic nitrogens is 2. The third-order valence-electron chi connectivity index (χ3n) is 2.53. The molecule has 1 heterocycles. The molecule has 0 saturated carbocycles. The Balaban J connectivity index is 2.47. The molecule has 0 radical (unpaired) electrons. The van der Waals surface area contributed by atoms with Gasteiger partial charge in [0.05, 0.1) is 6.61 Å². The monoisotopic (exact) mass is 237 g/mol. The standard InChI is InChI=1S/C13H23N3O/c1-4-6-8-17-13-15-10-12(11(3)16-13)9-14-7-5-2/h10,14H,4-9H2,1-3H3. The quantitative estimate of drug-likeness (QED) is 0.706. The van der Waals surface area contributed by atoms with E-state index in [2.05, 4.69) is 29.1 Å². The maximum Gasteiger partial charge on any atom is 0.316 e. The fourth-order valence-electron chi connectivity index (χ4n) is 1.42. The summed E-state index contributed by atoms with van der Waals surface area (Å²) < 4.78 is 5.47. The summed E-state index contributed by atoms with van der Waals surface area (Å²) in [6.45, 7) is 8.84. The molecule has 0 spiro atoms. The van der Waals surface area contributed by atoms with E-state index in [1.165, 1.54) is 0 Å². The van der Waals surface area contributed by atoms with Gasteiger partial charge in [-0.2, -0.15) is 0 Å². The van der Waals surface area contributed by atoms with Crippen molar-refractivity contribution in [3.63, 3.8) is 0 Å². The average Bonchev–Trinajstić information content (AvgIpc) is 2.32. The first-order valence-electron chi connectivity index (χ1n) is 6.44. The van der Waals surface area contributed by atoms with Crippen molar-refractivity contribution in [2.75, 3.05) is 13.2 Å². The lowest BCUT2D eigenvalue weighted by Crippen LogP contribution is -2.15. The number of hydrogen-bond acceptors (Lipinski definition) is 4. The molecule has 0 bridgehead atoms. The second kappa shape index (κ2) is 8.01. The molecule has 0 aliphatic rings. The predicted molar refractivity (Wildman–Crippen MR) is 69.2 cm³/mol. The fourth-order valence-corrected chi connectivity index (χ4v) is 1.42. The second-order valence-corrected chi connectivity index (χ2v) is 4.14. The van der Waals surface area contributed by atoms with Crippen molar-refractivity contribution >= 4 is 0 Å². The zero-order chi connectivity index (χ0) is 12.5. The molecule has 1 N–H and O–H groups in total. The number of aryl methyl sites for hydroxylation is 1. The third-order valence-corrected chi connectivity index (χ3v) is 2.53. The summed E-state index contributed by atoms with van der Waals surface area (Å²) in [4.78, 5) is 8.57. The van der Waals surface area contributed by atoms with Crippen molar-refractivity contribution < 1.29 is 4.74 Å². The van der Waals surface area contributed by atoms with Crippen LogP contribution in [0.1, 0.15) is 44.4 Å². The van der Waals surface area contributed by atoms with E-state index in [0.29, 0.717) is 12.6 Å². The van der Waals surface area contributed by atoms with Crippen LogP contribution in [-0.2, 0) is 6.54 Å². The molecule has 1 rings (SSSR count). The molecule has 0 saturated heterocycles. The number of ether oxygens (including phenoxy) is 1. The molecule has 4 nitrogen and oxygen atoms in total. The maximum absolute atomic E-state index is 5.47. The van der Waals surface area contributed by atoms with Gasteiger partial charge in [-0.1, -0.05) is 20.3 Å². The first-order chi connectivity index (χ1) is 8.27. The smallest absolute Gasteiger partial charge is 0.316 e. The summed E-state index contributed by atoms with van der Waals surface area (Å²) in [7, 11) is 0. The van der Waals surface area contributed by atoms with Gasteiger partial charge in [0.25, 0.3) is 0 Å². The Morgan fingerprint density at radius 3 is 2.76 bits per heavy atom. The van der Waals surface area contributed by atoms with Crippen LogP contribution >= 0.6 is 0 Å². The molecule has 96 valence electrons. The van der Waals surface area contributed by atoms with Gasteiger partial charge >= 0.3 is 6.01 Å². The van der Waals surface area contributed by atoms with E-state index >= 15 is 0 Å². The summed E-state index contributed by atoms with van der Waals surface area (Å²) in [5, 5.41) is 3.34. The highest BCUT2D eigenvalue weighted by molar-refractivity contribution is 5.17. The van der Waals surface area contributed by atoms with Crippen LogP contribution in [0, 0.1) is 6.92 Å². The minimum absolute atomic E-state index is 0.496. The molecule has 0 aromatic carbocycles. The normalized spacial score (nSPS) is 10.5. The van der Waals surface area contributed by atoms with Crippen molar-refractivity contribution in [1.29, 1.82) is 0 Å². The molecule has 0 aliphatic heterocycles. The van der Waals surface area contributed by atoms with E-state index in [9.17, 15) is 0 Å². The minimum atomic E-state index is 0.496. The van der Waals surface area contributed by atoms with Crippen LogP contribution in [0.4, 0.5) is 0 Å². The Bertz CT molecular complexity index is 328. The molecule has 17 heavy (non-hydrogen) atoms. The Hall–Kier alpha value is -1.16. The van der Waals surface area contributed by atoms with Crippen molar-refractivity contribution in [3.8, 4) is 6.01 Å². The minimum Gasteiger partial charge on any atom is -0.463 e. The van der Waals surface area contributed by atoms with Crippen LogP contribution in [0.25, 0.3) is 0 Å². The lowest BCUT2D eigenvalue weighted by Gasteiger charge is -2.08. The Kier molecular flexibility index (Phi) is 6.55. The van der Waals surface area contributed by atoms with Crippen molar-refractivity contribution in [2.45, 2.75) is 46.6 Å². The highest BCUT2D eigenvalue weighted by Crippen LogP contribution is 2.09. The summed E-state index contributed by atoms with van der Waals surface area (Å²) in [5.74, 6) is 0. The van der Waals surface area contributed by atoms with Gasteiger partial charge in [0, 0.05) is 24.0 Å². The van der Waals surface area contributed by atoms with Gasteiger partial charge in [0.1, 0.15) is 0 Å². The maximum atomic E-state index is 5.47. The van der Waals surface area contributed by atoms with Gasteiger partial charge in [0.15, 0.2) is 0 Å². The number of rotatable bonds is 8. The van der Waals surface area contributed by atoms with E-state index in [4.69, 9.17) is 4.74 Å². The SMILES string of the molecule is CCCCOc1ncc(CNCCC)c(C)n1. The first-order valence-corrected chi connectivity index (χ1v) is 6.44. The molecule has 0 aliphatic carbocycles. The summed E-state index contributed by atoms with van der Waals surface area (Å²) in [5.41, 5.74) is 2.14. The van der Waals surface area contributed by atoms with E-state index < -0.39 is 0 Å². The molecule has 0 unspecified atom stereocenters. The number of nitrogens with zero attached hydrogens (tertiary/aromatic N) is 2. The molecular formula is C13H23N3O. The number of nitrogens with one attached hydrogen (secondary N) is 1. The second-order valence-electron chi connectivity index (χ2n) is 4.14. The Morgan fingerprint density at radius 2 is 2.12 bits per heavy atom. The summed E-state index contributed by atoms with van der Waals surface area (Å²) in [6, 6.07) is 0.496. The molecule has 4 heteroatoms. The van der Waals surface area contributed by atoms with E-state index in [0.717, 1.165) is 43.6 Å². The van der Waals surface area contributed by atoms with Crippen LogP contribution in [0.5, 0.6) is 6.01 Å². The summed E-state index contributed by atoms with van der Waals surface area (Å²) in [6.07, 6.45) is 5.16. The van der Waals surface area contributed by atoms with Gasteiger partial charge in [-0.25, -0.2) is 9.97 Å². The van der Waals surface area contributed by atoms with Gasteiger partial charge in [-0.05, 0) is 26.3 Å². The predicted octanol–water partition coefficient (Wildman–Crippen LogP) is 2.46. The average molecular weight is 237 g/mol. The van der Waals surface area contributed by atoms with E-state index in [-0.39, 0.29) is 0 Å². The van der Waals surface area contributed by atoms with Gasteiger partial charge < -0.3 is 10.1 Å². The van der Waals surface area contributed by atoms with Gasteiger partial charge in [0.2, 0.25) is 0 Å². The molecule has 0 atom stereocenters. The van der Waals surface area contributed by atoms with E-state index in [1.54, 1.807) is 0 Å². The lowest BCUT2D eigenvalue weighted by molar-refractivity contribution is 0.284.